The Morgan fingerprint density at radius 1 is 1.24 bits per heavy atom. The van der Waals surface area contributed by atoms with E-state index in [1.807, 2.05) is 46.8 Å². The van der Waals surface area contributed by atoms with E-state index in [9.17, 15) is 9.59 Å². The molecule has 3 amide bonds. The van der Waals surface area contributed by atoms with Gasteiger partial charge in [0.2, 0.25) is 0 Å². The Balaban J connectivity index is 1.62. The number of nitrogens with zero attached hydrogens (tertiary/aromatic N) is 3. The minimum Gasteiger partial charge on any atom is -0.497 e. The van der Waals surface area contributed by atoms with Gasteiger partial charge < -0.3 is 24.6 Å². The highest BCUT2D eigenvalue weighted by Gasteiger charge is 2.54. The number of hydrogen-bond donors (Lipinski definition) is 1. The summed E-state index contributed by atoms with van der Waals surface area (Å²) in [6, 6.07) is 3.90. The quantitative estimate of drug-likeness (QED) is 0.651. The molecule has 0 radical (unpaired) electrons. The van der Waals surface area contributed by atoms with Gasteiger partial charge in [0.05, 0.1) is 32.0 Å². The normalized spacial score (nSPS) is 19.0. The second-order valence-corrected chi connectivity index (χ2v) is 8.82. The van der Waals surface area contributed by atoms with Crippen LogP contribution in [0.25, 0.3) is 0 Å². The van der Waals surface area contributed by atoms with E-state index in [1.165, 1.54) is 0 Å². The molecular formula is C26H34N4O4. The van der Waals surface area contributed by atoms with Gasteiger partial charge in [0, 0.05) is 37.0 Å². The molecule has 0 bridgehead atoms. The van der Waals surface area contributed by atoms with Crippen LogP contribution >= 0.6 is 0 Å². The summed E-state index contributed by atoms with van der Waals surface area (Å²) >= 11 is 0. The maximum Gasteiger partial charge on any atom is 0.325 e. The van der Waals surface area contributed by atoms with Crippen LogP contribution in [0, 0.1) is 0 Å². The van der Waals surface area contributed by atoms with Crippen LogP contribution in [-0.2, 0) is 17.8 Å². The summed E-state index contributed by atoms with van der Waals surface area (Å²) in [7, 11) is 3.29. The molecule has 3 aliphatic rings. The maximum atomic E-state index is 13.6. The summed E-state index contributed by atoms with van der Waals surface area (Å²) < 4.78 is 11.1. The molecule has 1 aromatic carbocycles. The zero-order valence-electron chi connectivity index (χ0n) is 20.5. The van der Waals surface area contributed by atoms with Crippen molar-refractivity contribution in [3.63, 3.8) is 0 Å². The zero-order valence-corrected chi connectivity index (χ0v) is 20.5. The average molecular weight is 467 g/mol. The van der Waals surface area contributed by atoms with Gasteiger partial charge in [-0.2, -0.15) is 0 Å². The van der Waals surface area contributed by atoms with Gasteiger partial charge in [0.15, 0.2) is 0 Å². The Hall–Kier alpha value is -3.42. The summed E-state index contributed by atoms with van der Waals surface area (Å²) in [4.78, 5) is 32.1. The largest absolute Gasteiger partial charge is 0.497 e. The van der Waals surface area contributed by atoms with Gasteiger partial charge in [-0.3, -0.25) is 9.69 Å². The molecule has 0 unspecified atom stereocenters. The van der Waals surface area contributed by atoms with Crippen LogP contribution in [0.4, 0.5) is 4.79 Å². The number of methoxy groups -OCH3 is 2. The molecule has 34 heavy (non-hydrogen) atoms. The lowest BCUT2D eigenvalue weighted by Gasteiger charge is -2.44. The Morgan fingerprint density at radius 3 is 2.59 bits per heavy atom. The van der Waals surface area contributed by atoms with E-state index < -0.39 is 5.54 Å². The van der Waals surface area contributed by atoms with Crippen molar-refractivity contribution in [2.45, 2.75) is 45.2 Å². The molecule has 0 atom stereocenters. The highest BCUT2D eigenvalue weighted by atomic mass is 16.5. The van der Waals surface area contributed by atoms with E-state index in [1.54, 1.807) is 20.4 Å². The van der Waals surface area contributed by atoms with Crippen molar-refractivity contribution in [1.82, 2.24) is 20.0 Å². The number of urea groups is 1. The number of piperidine rings is 1. The first kappa shape index (κ1) is 23.7. The third-order valence-corrected chi connectivity index (χ3v) is 7.18. The monoisotopic (exact) mass is 466 g/mol. The van der Waals surface area contributed by atoms with Gasteiger partial charge in [0.25, 0.3) is 5.91 Å². The van der Waals surface area contributed by atoms with Crippen molar-refractivity contribution in [2.75, 3.05) is 33.9 Å². The molecule has 3 heterocycles. The van der Waals surface area contributed by atoms with Crippen molar-refractivity contribution in [1.29, 1.82) is 0 Å². The molecule has 182 valence electrons. The first-order chi connectivity index (χ1) is 16.4. The highest BCUT2D eigenvalue weighted by molar-refractivity contribution is 5.92. The summed E-state index contributed by atoms with van der Waals surface area (Å²) in [6.07, 6.45) is 7.76. The number of carbonyl (C=O) groups excluding carboxylic acids is 2. The molecule has 3 aliphatic heterocycles. The molecule has 1 aromatic rings. The number of allylic oxidation sites excluding steroid dienone is 2. The third kappa shape index (κ3) is 3.81. The van der Waals surface area contributed by atoms with Crippen LogP contribution in [0.1, 0.15) is 37.8 Å². The second-order valence-electron chi connectivity index (χ2n) is 8.82. The van der Waals surface area contributed by atoms with Crippen LogP contribution in [0.5, 0.6) is 11.5 Å². The Kier molecular flexibility index (Phi) is 6.59. The SMILES string of the molecule is C=C(N/C=C\C)C(=O)N1CCC2(CC1)C1=CCc3c(cc(OC)cc3OC)CN1C(=O)N2CC. The summed E-state index contributed by atoms with van der Waals surface area (Å²) in [5.41, 5.74) is 3.09. The molecule has 8 heteroatoms. The fourth-order valence-electron chi connectivity index (χ4n) is 5.47. The number of likely N-dealkylation sites (N-methyl/N-ethyl adjacent to an activating group) is 1. The van der Waals surface area contributed by atoms with E-state index in [4.69, 9.17) is 9.47 Å². The predicted molar refractivity (Wildman–Crippen MR) is 130 cm³/mol. The molecule has 0 aromatic heterocycles. The standard InChI is InChI=1S/C26H34N4O4/c1-6-12-27-18(3)24(31)28-13-10-26(11-14-28)23-9-8-21-19(15-20(33-4)16-22(21)34-5)17-29(23)25(32)30(26)7-2/h6,9,12,15-16,27H,3,7-8,10-11,13-14,17H2,1-2,4-5H3/b12-6-. The number of ether oxygens (including phenoxy) is 2. The summed E-state index contributed by atoms with van der Waals surface area (Å²) in [5.74, 6) is 1.39. The maximum absolute atomic E-state index is 13.6. The first-order valence-electron chi connectivity index (χ1n) is 11.8. The molecular weight excluding hydrogens is 432 g/mol. The number of fused-ring (bicyclic) bond motifs is 3. The fourth-order valence-corrected chi connectivity index (χ4v) is 5.47. The van der Waals surface area contributed by atoms with Crippen LogP contribution < -0.4 is 14.8 Å². The van der Waals surface area contributed by atoms with Gasteiger partial charge in [-0.1, -0.05) is 18.7 Å². The molecule has 0 aliphatic carbocycles. The van der Waals surface area contributed by atoms with Crippen LogP contribution in [0.2, 0.25) is 0 Å². The van der Waals surface area contributed by atoms with Crippen LogP contribution in [-0.4, -0.2) is 66.0 Å². The minimum absolute atomic E-state index is 0.0160. The average Bonchev–Trinajstić information content (AvgIpc) is 2.98. The van der Waals surface area contributed by atoms with Crippen LogP contribution in [0.15, 0.2) is 48.5 Å². The Bertz CT molecular complexity index is 1050. The van der Waals surface area contributed by atoms with Gasteiger partial charge in [-0.15, -0.1) is 0 Å². The summed E-state index contributed by atoms with van der Waals surface area (Å²) in [6.45, 7) is 9.98. The van der Waals surface area contributed by atoms with E-state index in [-0.39, 0.29) is 11.9 Å². The lowest BCUT2D eigenvalue weighted by atomic mass is 9.83. The number of hydrogen-bond acceptors (Lipinski definition) is 5. The smallest absolute Gasteiger partial charge is 0.325 e. The zero-order chi connectivity index (χ0) is 24.5. The Labute approximate surface area is 201 Å². The number of amides is 3. The van der Waals surface area contributed by atoms with Crippen molar-refractivity contribution in [3.8, 4) is 11.5 Å². The van der Waals surface area contributed by atoms with E-state index >= 15 is 0 Å². The van der Waals surface area contributed by atoms with Crippen molar-refractivity contribution in [3.05, 3.63) is 59.6 Å². The second kappa shape index (κ2) is 9.44. The lowest BCUT2D eigenvalue weighted by Crippen LogP contribution is -2.55. The van der Waals surface area contributed by atoms with Gasteiger partial charge >= 0.3 is 6.03 Å². The third-order valence-electron chi connectivity index (χ3n) is 7.18. The predicted octanol–water partition coefficient (Wildman–Crippen LogP) is 3.40. The number of rotatable bonds is 6. The summed E-state index contributed by atoms with van der Waals surface area (Å²) in [5, 5.41) is 2.93. The van der Waals surface area contributed by atoms with E-state index in [2.05, 4.69) is 18.0 Å². The number of nitrogens with one attached hydrogen (secondary N) is 1. The molecule has 4 rings (SSSR count). The van der Waals surface area contributed by atoms with E-state index in [0.717, 1.165) is 22.6 Å². The topological polar surface area (TPSA) is 74.4 Å². The highest BCUT2D eigenvalue weighted by Crippen LogP contribution is 2.46. The minimum atomic E-state index is -0.417. The molecule has 2 saturated heterocycles. The van der Waals surface area contributed by atoms with Crippen molar-refractivity contribution < 1.29 is 19.1 Å². The van der Waals surface area contributed by atoms with Gasteiger partial charge in [-0.25, -0.2) is 4.79 Å². The Morgan fingerprint density at radius 2 is 1.97 bits per heavy atom. The molecule has 1 N–H and O–H groups in total. The van der Waals surface area contributed by atoms with Crippen LogP contribution in [0.3, 0.4) is 0 Å². The molecule has 0 saturated carbocycles. The number of likely N-dealkylation sites (tertiary alicyclic amines) is 1. The van der Waals surface area contributed by atoms with Crippen molar-refractivity contribution in [2.24, 2.45) is 0 Å². The van der Waals surface area contributed by atoms with Crippen molar-refractivity contribution >= 4 is 11.9 Å². The van der Waals surface area contributed by atoms with Gasteiger partial charge in [-0.05, 0) is 50.9 Å². The number of benzene rings is 1. The first-order valence-corrected chi connectivity index (χ1v) is 11.8. The van der Waals surface area contributed by atoms with Gasteiger partial charge in [0.1, 0.15) is 11.5 Å². The van der Waals surface area contributed by atoms with E-state index in [0.29, 0.717) is 56.9 Å². The lowest BCUT2D eigenvalue weighted by molar-refractivity contribution is -0.129. The molecule has 8 nitrogen and oxygen atoms in total. The number of carbonyl (C=O) groups is 2. The molecule has 1 spiro atoms. The fraction of sp³-hybridized carbons (Fsp3) is 0.462. The molecule has 2 fully saturated rings.